The molecular formula is C25H21ClN4O4S. The highest BCUT2D eigenvalue weighted by atomic mass is 35.5. The molecule has 0 atom stereocenters. The average molecular weight is 509 g/mol. The van der Waals surface area contributed by atoms with Gasteiger partial charge in [-0.15, -0.1) is 0 Å². The first kappa shape index (κ1) is 23.3. The van der Waals surface area contributed by atoms with Crippen LogP contribution in [-0.4, -0.2) is 31.9 Å². The quantitative estimate of drug-likeness (QED) is 0.212. The second-order valence-corrected chi connectivity index (χ2v) is 9.72. The molecule has 178 valence electrons. The Kier molecular flexibility index (Phi) is 6.70. The molecule has 3 heterocycles. The second kappa shape index (κ2) is 10.1. The lowest BCUT2D eigenvalue weighted by molar-refractivity contribution is -0.384. The normalized spacial score (nSPS) is 19.1. The van der Waals surface area contributed by atoms with Gasteiger partial charge in [0.1, 0.15) is 11.5 Å². The summed E-state index contributed by atoms with van der Waals surface area (Å²) in [7, 11) is 0. The molecule has 0 N–H and O–H groups in total. The van der Waals surface area contributed by atoms with Crippen LogP contribution in [0.2, 0.25) is 5.02 Å². The first-order valence-electron chi connectivity index (χ1n) is 11.3. The lowest BCUT2D eigenvalue weighted by atomic mass is 9.94. The van der Waals surface area contributed by atoms with Crippen LogP contribution in [0, 0.1) is 10.1 Å². The van der Waals surface area contributed by atoms with Crippen molar-refractivity contribution >= 4 is 51.9 Å². The number of amidine groups is 1. The lowest BCUT2D eigenvalue weighted by Gasteiger charge is -2.30. The molecule has 1 amide bonds. The van der Waals surface area contributed by atoms with E-state index in [1.807, 2.05) is 17.0 Å². The van der Waals surface area contributed by atoms with Gasteiger partial charge in [0.2, 0.25) is 0 Å². The van der Waals surface area contributed by atoms with Crippen molar-refractivity contribution in [2.45, 2.75) is 38.1 Å². The van der Waals surface area contributed by atoms with Gasteiger partial charge < -0.3 is 4.42 Å². The molecular weight excluding hydrogens is 488 g/mol. The van der Waals surface area contributed by atoms with E-state index >= 15 is 0 Å². The number of furan rings is 1. The number of nitro benzene ring substituents is 1. The smallest absolute Gasteiger partial charge is 0.270 e. The molecule has 10 heteroatoms. The maximum atomic E-state index is 13.5. The first-order valence-corrected chi connectivity index (χ1v) is 12.4. The van der Waals surface area contributed by atoms with Crippen LogP contribution in [0.15, 0.2) is 69.2 Å². The topological polar surface area (TPSA) is 102 Å². The van der Waals surface area contributed by atoms with Gasteiger partial charge in [0, 0.05) is 36.0 Å². The summed E-state index contributed by atoms with van der Waals surface area (Å²) in [5.41, 5.74) is 1.14. The van der Waals surface area contributed by atoms with Gasteiger partial charge in [0.05, 0.1) is 26.7 Å². The molecule has 1 aliphatic carbocycles. The molecule has 8 nitrogen and oxygen atoms in total. The minimum Gasteiger partial charge on any atom is -0.457 e. The third-order valence-corrected chi connectivity index (χ3v) is 7.27. The van der Waals surface area contributed by atoms with E-state index in [4.69, 9.17) is 21.0 Å². The van der Waals surface area contributed by atoms with Gasteiger partial charge in [-0.05, 0) is 54.9 Å². The largest absolute Gasteiger partial charge is 0.457 e. The number of amides is 1. The van der Waals surface area contributed by atoms with Crippen molar-refractivity contribution in [1.82, 2.24) is 9.88 Å². The SMILES string of the molecule is O=C1/C(=C\c2ccc(-c3ccc([N+](=O)[O-])cc3Cl)o2)SC(=Nc2cccnc2)N1C1CCCCC1. The van der Waals surface area contributed by atoms with Gasteiger partial charge in [-0.3, -0.25) is 24.8 Å². The Morgan fingerprint density at radius 1 is 1.20 bits per heavy atom. The van der Waals surface area contributed by atoms with Crippen LogP contribution in [0.3, 0.4) is 0 Å². The highest BCUT2D eigenvalue weighted by Gasteiger charge is 2.38. The average Bonchev–Trinajstić information content (AvgIpc) is 3.44. The summed E-state index contributed by atoms with van der Waals surface area (Å²) in [5, 5.41) is 11.8. The van der Waals surface area contributed by atoms with Gasteiger partial charge >= 0.3 is 0 Å². The van der Waals surface area contributed by atoms with Gasteiger partial charge in [-0.1, -0.05) is 30.9 Å². The summed E-state index contributed by atoms with van der Waals surface area (Å²) in [6, 6.07) is 11.5. The summed E-state index contributed by atoms with van der Waals surface area (Å²) >= 11 is 7.57. The number of non-ortho nitro benzene ring substituents is 1. The van der Waals surface area contributed by atoms with E-state index in [1.54, 1.807) is 36.7 Å². The zero-order valence-electron chi connectivity index (χ0n) is 18.6. The maximum absolute atomic E-state index is 13.5. The molecule has 1 aromatic carbocycles. The molecule has 2 fully saturated rings. The highest BCUT2D eigenvalue weighted by molar-refractivity contribution is 8.18. The van der Waals surface area contributed by atoms with Crippen LogP contribution in [0.5, 0.6) is 0 Å². The van der Waals surface area contributed by atoms with Crippen LogP contribution >= 0.6 is 23.4 Å². The van der Waals surface area contributed by atoms with E-state index in [1.165, 1.54) is 30.3 Å². The number of hydrogen-bond acceptors (Lipinski definition) is 7. The van der Waals surface area contributed by atoms with Crippen LogP contribution in [0.25, 0.3) is 17.4 Å². The Labute approximate surface area is 210 Å². The number of aromatic nitrogens is 1. The van der Waals surface area contributed by atoms with E-state index in [2.05, 4.69) is 4.98 Å². The van der Waals surface area contributed by atoms with Gasteiger partial charge in [0.25, 0.3) is 11.6 Å². The first-order chi connectivity index (χ1) is 17.0. The standard InChI is InChI=1S/C25H21ClN4O4S/c26-21-13-18(30(32)33)8-10-20(21)22-11-9-19(34-22)14-23-24(31)29(17-6-2-1-3-7-17)25(35-23)28-16-5-4-12-27-15-16/h4-5,8-15,17H,1-3,6-7H2/b23-14+,28-25?. The summed E-state index contributed by atoms with van der Waals surface area (Å²) in [5.74, 6) is 0.855. The third kappa shape index (κ3) is 5.01. The summed E-state index contributed by atoms with van der Waals surface area (Å²) in [4.78, 5) is 35.1. The van der Waals surface area contributed by atoms with Gasteiger partial charge in [0.15, 0.2) is 5.17 Å². The molecule has 0 radical (unpaired) electrons. The van der Waals surface area contributed by atoms with Crippen LogP contribution < -0.4 is 0 Å². The molecule has 0 unspecified atom stereocenters. The molecule has 2 aliphatic rings. The molecule has 2 aromatic heterocycles. The number of pyridine rings is 1. The number of nitrogens with zero attached hydrogens (tertiary/aromatic N) is 4. The fourth-order valence-electron chi connectivity index (χ4n) is 4.28. The van der Waals surface area contributed by atoms with E-state index in [0.717, 1.165) is 25.7 Å². The second-order valence-electron chi connectivity index (χ2n) is 8.31. The van der Waals surface area contributed by atoms with Crippen molar-refractivity contribution < 1.29 is 14.1 Å². The Bertz CT molecular complexity index is 1330. The number of carbonyl (C=O) groups excluding carboxylic acids is 1. The predicted octanol–water partition coefficient (Wildman–Crippen LogP) is 6.84. The zero-order valence-corrected chi connectivity index (χ0v) is 20.2. The van der Waals surface area contributed by atoms with Crippen molar-refractivity contribution in [2.75, 3.05) is 0 Å². The van der Waals surface area contributed by atoms with Crippen molar-refractivity contribution in [1.29, 1.82) is 0 Å². The predicted molar refractivity (Wildman–Crippen MR) is 136 cm³/mol. The number of carbonyl (C=O) groups is 1. The molecule has 5 rings (SSSR count). The number of nitro groups is 1. The molecule has 0 bridgehead atoms. The van der Waals surface area contributed by atoms with Gasteiger partial charge in [-0.25, -0.2) is 4.99 Å². The number of benzene rings is 1. The third-order valence-electron chi connectivity index (χ3n) is 5.98. The molecule has 35 heavy (non-hydrogen) atoms. The van der Waals surface area contributed by atoms with Crippen molar-refractivity contribution in [3.8, 4) is 11.3 Å². The fourth-order valence-corrected chi connectivity index (χ4v) is 5.58. The fraction of sp³-hybridized carbons (Fsp3) is 0.240. The minimum absolute atomic E-state index is 0.0872. The van der Waals surface area contributed by atoms with E-state index in [-0.39, 0.29) is 22.7 Å². The van der Waals surface area contributed by atoms with E-state index < -0.39 is 4.92 Å². The maximum Gasteiger partial charge on any atom is 0.270 e. The molecule has 1 aliphatic heterocycles. The highest BCUT2D eigenvalue weighted by Crippen LogP contribution is 2.39. The lowest BCUT2D eigenvalue weighted by Crippen LogP contribution is -2.40. The molecule has 1 saturated carbocycles. The van der Waals surface area contributed by atoms with Crippen molar-refractivity contribution in [2.24, 2.45) is 4.99 Å². The van der Waals surface area contributed by atoms with Crippen molar-refractivity contribution in [3.63, 3.8) is 0 Å². The van der Waals surface area contributed by atoms with Crippen LogP contribution in [0.4, 0.5) is 11.4 Å². The van der Waals surface area contributed by atoms with E-state index in [0.29, 0.717) is 32.8 Å². The molecule has 3 aromatic rings. The number of hydrogen-bond donors (Lipinski definition) is 0. The van der Waals surface area contributed by atoms with Gasteiger partial charge in [-0.2, -0.15) is 0 Å². The van der Waals surface area contributed by atoms with Crippen LogP contribution in [0.1, 0.15) is 37.9 Å². The van der Waals surface area contributed by atoms with Crippen molar-refractivity contribution in [3.05, 3.63) is 80.7 Å². The Hall–Kier alpha value is -3.43. The summed E-state index contributed by atoms with van der Waals surface area (Å²) < 4.78 is 5.93. The Balaban J connectivity index is 1.45. The summed E-state index contributed by atoms with van der Waals surface area (Å²) in [6.07, 6.45) is 10.3. The molecule has 0 spiro atoms. The molecule has 1 saturated heterocycles. The number of rotatable bonds is 5. The van der Waals surface area contributed by atoms with E-state index in [9.17, 15) is 14.9 Å². The number of thioether (sulfide) groups is 1. The minimum atomic E-state index is -0.501. The Morgan fingerprint density at radius 2 is 2.03 bits per heavy atom. The zero-order chi connectivity index (χ0) is 24.4. The monoisotopic (exact) mass is 508 g/mol. The summed E-state index contributed by atoms with van der Waals surface area (Å²) in [6.45, 7) is 0. The number of halogens is 1. The number of aliphatic imine (C=N–C) groups is 1. The van der Waals surface area contributed by atoms with Crippen LogP contribution in [-0.2, 0) is 4.79 Å². The Morgan fingerprint density at radius 3 is 2.74 bits per heavy atom.